The molecule has 0 aromatic heterocycles. The molecule has 1 aliphatic heterocycles. The molecule has 1 heterocycles. The Hall–Kier alpha value is -1.68. The lowest BCUT2D eigenvalue weighted by Gasteiger charge is -2.22. The van der Waals surface area contributed by atoms with E-state index in [9.17, 15) is 9.59 Å². The molecule has 1 aromatic carbocycles. The number of likely N-dealkylation sites (tertiary alicyclic amines) is 1. The first-order valence-corrected chi connectivity index (χ1v) is 7.55. The summed E-state index contributed by atoms with van der Waals surface area (Å²) in [4.78, 5) is 26.3. The highest BCUT2D eigenvalue weighted by Gasteiger charge is 2.40. The molecule has 1 fully saturated rings. The van der Waals surface area contributed by atoms with Crippen molar-refractivity contribution in [1.82, 2.24) is 10.2 Å². The Morgan fingerprint density at radius 2 is 1.95 bits per heavy atom. The Morgan fingerprint density at radius 3 is 2.52 bits per heavy atom. The largest absolute Gasteiger partial charge is 0.359 e. The van der Waals surface area contributed by atoms with Gasteiger partial charge in [0.25, 0.3) is 0 Å². The first-order chi connectivity index (χ1) is 9.98. The maximum absolute atomic E-state index is 12.3. The summed E-state index contributed by atoms with van der Waals surface area (Å²) in [6.45, 7) is 5.89. The molecule has 2 rings (SSSR count). The molecule has 4 heteroatoms. The van der Waals surface area contributed by atoms with Gasteiger partial charge in [0.05, 0.1) is 12.0 Å². The summed E-state index contributed by atoms with van der Waals surface area (Å²) in [7, 11) is 1.66. The van der Waals surface area contributed by atoms with Crippen LogP contribution in [0.3, 0.4) is 0 Å². The fourth-order valence-corrected chi connectivity index (χ4v) is 2.90. The summed E-state index contributed by atoms with van der Waals surface area (Å²) in [6, 6.07) is 7.81. The van der Waals surface area contributed by atoms with E-state index >= 15 is 0 Å². The van der Waals surface area contributed by atoms with Gasteiger partial charge in [0.1, 0.15) is 0 Å². The first kappa shape index (κ1) is 15.7. The number of aryl methyl sites for hydroxylation is 1. The van der Waals surface area contributed by atoms with Gasteiger partial charge in [0.15, 0.2) is 5.78 Å². The number of hydrogen-bond acceptors (Lipinski definition) is 3. The third-order valence-corrected chi connectivity index (χ3v) is 4.38. The van der Waals surface area contributed by atoms with Gasteiger partial charge in [-0.3, -0.25) is 14.5 Å². The number of benzene rings is 1. The summed E-state index contributed by atoms with van der Waals surface area (Å²) in [5, 5.41) is 2.72. The molecular formula is C17H24N2O2. The highest BCUT2D eigenvalue weighted by molar-refractivity contribution is 5.97. The number of rotatable bonds is 5. The SMILES string of the molecule is CCc1ccc(C(=O)CN2CCC(C)(C(=O)NC)C2)cc1. The average molecular weight is 288 g/mol. The number of carbonyl (C=O) groups is 2. The van der Waals surface area contributed by atoms with Crippen molar-refractivity contribution in [3.8, 4) is 0 Å². The van der Waals surface area contributed by atoms with Crippen LogP contribution in [0.4, 0.5) is 0 Å². The first-order valence-electron chi connectivity index (χ1n) is 7.55. The van der Waals surface area contributed by atoms with Crippen molar-refractivity contribution in [3.05, 3.63) is 35.4 Å². The van der Waals surface area contributed by atoms with Crippen LogP contribution in [0.5, 0.6) is 0 Å². The second-order valence-corrected chi connectivity index (χ2v) is 6.07. The second kappa shape index (κ2) is 6.39. The zero-order chi connectivity index (χ0) is 15.5. The molecule has 0 aliphatic carbocycles. The van der Waals surface area contributed by atoms with Crippen molar-refractivity contribution < 1.29 is 9.59 Å². The van der Waals surface area contributed by atoms with Crippen LogP contribution >= 0.6 is 0 Å². The van der Waals surface area contributed by atoms with Crippen molar-refractivity contribution in [2.45, 2.75) is 26.7 Å². The van der Waals surface area contributed by atoms with E-state index in [1.807, 2.05) is 31.2 Å². The molecule has 1 aromatic rings. The third-order valence-electron chi connectivity index (χ3n) is 4.38. The Labute approximate surface area is 126 Å². The Morgan fingerprint density at radius 1 is 1.29 bits per heavy atom. The van der Waals surface area contributed by atoms with E-state index in [2.05, 4.69) is 17.1 Å². The summed E-state index contributed by atoms with van der Waals surface area (Å²) >= 11 is 0. The van der Waals surface area contributed by atoms with Gasteiger partial charge < -0.3 is 5.32 Å². The van der Waals surface area contributed by atoms with E-state index in [1.54, 1.807) is 7.05 Å². The number of carbonyl (C=O) groups excluding carboxylic acids is 2. The molecule has 21 heavy (non-hydrogen) atoms. The minimum atomic E-state index is -0.374. The molecule has 1 saturated heterocycles. The van der Waals surface area contributed by atoms with Crippen molar-refractivity contribution in [2.24, 2.45) is 5.41 Å². The van der Waals surface area contributed by atoms with Crippen LogP contribution in [0.2, 0.25) is 0 Å². The normalized spacial score (nSPS) is 22.2. The monoisotopic (exact) mass is 288 g/mol. The summed E-state index contributed by atoms with van der Waals surface area (Å²) < 4.78 is 0. The van der Waals surface area contributed by atoms with E-state index < -0.39 is 0 Å². The molecule has 1 aliphatic rings. The van der Waals surface area contributed by atoms with Gasteiger partial charge >= 0.3 is 0 Å². The molecule has 0 radical (unpaired) electrons. The molecule has 4 nitrogen and oxygen atoms in total. The number of nitrogens with one attached hydrogen (secondary N) is 1. The van der Waals surface area contributed by atoms with Crippen molar-refractivity contribution in [3.63, 3.8) is 0 Å². The predicted molar refractivity (Wildman–Crippen MR) is 83.4 cm³/mol. The fraction of sp³-hybridized carbons (Fsp3) is 0.529. The van der Waals surface area contributed by atoms with Crippen LogP contribution in [0.25, 0.3) is 0 Å². The van der Waals surface area contributed by atoms with Gasteiger partial charge in [-0.15, -0.1) is 0 Å². The number of ketones is 1. The van der Waals surface area contributed by atoms with Gasteiger partial charge in [-0.2, -0.15) is 0 Å². The van der Waals surface area contributed by atoms with E-state index in [-0.39, 0.29) is 17.1 Å². The molecule has 0 spiro atoms. The van der Waals surface area contributed by atoms with Crippen LogP contribution in [0, 0.1) is 5.41 Å². The Balaban J connectivity index is 1.96. The zero-order valence-corrected chi connectivity index (χ0v) is 13.1. The smallest absolute Gasteiger partial charge is 0.227 e. The lowest BCUT2D eigenvalue weighted by atomic mass is 9.89. The topological polar surface area (TPSA) is 49.4 Å². The van der Waals surface area contributed by atoms with E-state index in [1.165, 1.54) is 5.56 Å². The summed E-state index contributed by atoms with van der Waals surface area (Å²) in [5.74, 6) is 0.184. The van der Waals surface area contributed by atoms with Crippen molar-refractivity contribution in [1.29, 1.82) is 0 Å². The summed E-state index contributed by atoms with van der Waals surface area (Å²) in [5.41, 5.74) is 1.61. The van der Waals surface area contributed by atoms with E-state index in [4.69, 9.17) is 0 Å². The average Bonchev–Trinajstić information content (AvgIpc) is 2.88. The number of hydrogen-bond donors (Lipinski definition) is 1. The molecule has 114 valence electrons. The van der Waals surface area contributed by atoms with Gasteiger partial charge in [-0.05, 0) is 31.9 Å². The minimum Gasteiger partial charge on any atom is -0.359 e. The summed E-state index contributed by atoms with van der Waals surface area (Å²) in [6.07, 6.45) is 1.78. The zero-order valence-electron chi connectivity index (χ0n) is 13.1. The van der Waals surface area contributed by atoms with Crippen LogP contribution in [0.15, 0.2) is 24.3 Å². The standard InChI is InChI=1S/C17H24N2O2/c1-4-13-5-7-14(8-6-13)15(20)11-19-10-9-17(2,12-19)16(21)18-3/h5-8H,4,9-12H2,1-3H3,(H,18,21). The Bertz CT molecular complexity index is 524. The number of nitrogens with zero attached hydrogens (tertiary/aromatic N) is 1. The maximum atomic E-state index is 12.3. The molecule has 0 bridgehead atoms. The van der Waals surface area contributed by atoms with Gasteiger partial charge in [0, 0.05) is 19.2 Å². The highest BCUT2D eigenvalue weighted by atomic mass is 16.2. The molecule has 1 amide bonds. The highest BCUT2D eigenvalue weighted by Crippen LogP contribution is 2.30. The van der Waals surface area contributed by atoms with Gasteiger partial charge in [-0.25, -0.2) is 0 Å². The van der Waals surface area contributed by atoms with Gasteiger partial charge in [-0.1, -0.05) is 31.2 Å². The predicted octanol–water partition coefficient (Wildman–Crippen LogP) is 1.89. The number of amides is 1. The maximum Gasteiger partial charge on any atom is 0.227 e. The molecular weight excluding hydrogens is 264 g/mol. The lowest BCUT2D eigenvalue weighted by molar-refractivity contribution is -0.129. The van der Waals surface area contributed by atoms with E-state index in [0.717, 1.165) is 24.9 Å². The fourth-order valence-electron chi connectivity index (χ4n) is 2.90. The molecule has 1 N–H and O–H groups in total. The van der Waals surface area contributed by atoms with Crippen molar-refractivity contribution in [2.75, 3.05) is 26.7 Å². The molecule has 0 saturated carbocycles. The quantitative estimate of drug-likeness (QED) is 0.842. The molecule has 1 atom stereocenters. The third kappa shape index (κ3) is 3.50. The lowest BCUT2D eigenvalue weighted by Crippen LogP contribution is -2.40. The van der Waals surface area contributed by atoms with E-state index in [0.29, 0.717) is 13.1 Å². The minimum absolute atomic E-state index is 0.0600. The number of Topliss-reactive ketones (excluding diaryl/α,β-unsaturated/α-hetero) is 1. The van der Waals surface area contributed by atoms with Crippen LogP contribution in [0.1, 0.15) is 36.2 Å². The molecule has 1 unspecified atom stereocenters. The van der Waals surface area contributed by atoms with Crippen LogP contribution in [-0.2, 0) is 11.2 Å². The van der Waals surface area contributed by atoms with Crippen molar-refractivity contribution >= 4 is 11.7 Å². The second-order valence-electron chi connectivity index (χ2n) is 6.07. The van der Waals surface area contributed by atoms with Crippen LogP contribution in [-0.4, -0.2) is 43.3 Å². The Kier molecular flexibility index (Phi) is 4.78. The van der Waals surface area contributed by atoms with Gasteiger partial charge in [0.2, 0.25) is 5.91 Å². The van der Waals surface area contributed by atoms with Crippen LogP contribution < -0.4 is 5.32 Å².